The molecule has 1 saturated heterocycles. The molecule has 6 nitrogen and oxygen atoms in total. The first-order chi connectivity index (χ1) is 9.59. The van der Waals surface area contributed by atoms with Crippen molar-refractivity contribution in [1.82, 2.24) is 15.5 Å². The van der Waals surface area contributed by atoms with E-state index in [-0.39, 0.29) is 17.9 Å². The molecule has 1 fully saturated rings. The van der Waals surface area contributed by atoms with Crippen LogP contribution in [0.3, 0.4) is 0 Å². The molecule has 1 aliphatic heterocycles. The van der Waals surface area contributed by atoms with E-state index >= 15 is 0 Å². The third kappa shape index (κ3) is 3.39. The lowest BCUT2D eigenvalue weighted by molar-refractivity contribution is -0.134. The summed E-state index contributed by atoms with van der Waals surface area (Å²) < 4.78 is 4.86. The summed E-state index contributed by atoms with van der Waals surface area (Å²) in [4.78, 5) is 25.9. The van der Waals surface area contributed by atoms with E-state index in [1.165, 1.54) is 12.5 Å². The van der Waals surface area contributed by atoms with Crippen LogP contribution in [0.5, 0.6) is 0 Å². The molecule has 6 heteroatoms. The molecule has 0 radical (unpaired) electrons. The number of hydrogen-bond donors (Lipinski definition) is 2. The lowest BCUT2D eigenvalue weighted by atomic mass is 10.0. The van der Waals surface area contributed by atoms with Gasteiger partial charge in [-0.25, -0.2) is 0 Å². The molecule has 2 heterocycles. The number of carbonyl (C=O) groups excluding carboxylic acids is 2. The van der Waals surface area contributed by atoms with Crippen LogP contribution >= 0.6 is 0 Å². The molecule has 0 bridgehead atoms. The number of carbonyl (C=O) groups is 2. The number of hydrogen-bond acceptors (Lipinski definition) is 4. The predicted molar refractivity (Wildman–Crippen MR) is 74.3 cm³/mol. The molecule has 110 valence electrons. The highest BCUT2D eigenvalue weighted by atomic mass is 16.3. The molecule has 1 aliphatic rings. The van der Waals surface area contributed by atoms with Crippen LogP contribution in [0, 0.1) is 0 Å². The maximum absolute atomic E-state index is 12.3. The van der Waals surface area contributed by atoms with E-state index in [2.05, 4.69) is 10.6 Å². The maximum Gasteiger partial charge on any atom is 0.255 e. The van der Waals surface area contributed by atoms with Gasteiger partial charge in [-0.05, 0) is 38.9 Å². The molecule has 20 heavy (non-hydrogen) atoms. The largest absolute Gasteiger partial charge is 0.472 e. The fourth-order valence-corrected chi connectivity index (χ4v) is 2.41. The summed E-state index contributed by atoms with van der Waals surface area (Å²) in [5.41, 5.74) is 0.425. The Morgan fingerprint density at radius 1 is 1.45 bits per heavy atom. The molecule has 0 spiro atoms. The lowest BCUT2D eigenvalue weighted by Gasteiger charge is -2.33. The molecule has 1 aromatic rings. The zero-order chi connectivity index (χ0) is 14.5. The van der Waals surface area contributed by atoms with Gasteiger partial charge in [-0.1, -0.05) is 0 Å². The Labute approximate surface area is 118 Å². The SMILES string of the molecule is CC(NC(=O)c1ccoc1)C(=O)N(C)C1CCNCC1. The highest BCUT2D eigenvalue weighted by molar-refractivity contribution is 5.97. The average Bonchev–Trinajstić information content (AvgIpc) is 3.01. The molecule has 2 amide bonds. The smallest absolute Gasteiger partial charge is 0.255 e. The van der Waals surface area contributed by atoms with E-state index in [1.54, 1.807) is 24.9 Å². The number of amides is 2. The molecule has 1 atom stereocenters. The third-order valence-corrected chi connectivity index (χ3v) is 3.71. The predicted octanol–water partition coefficient (Wildman–Crippen LogP) is 0.608. The van der Waals surface area contributed by atoms with Gasteiger partial charge in [0.15, 0.2) is 0 Å². The number of piperidine rings is 1. The van der Waals surface area contributed by atoms with Crippen LogP contribution in [0.25, 0.3) is 0 Å². The summed E-state index contributed by atoms with van der Waals surface area (Å²) in [5, 5.41) is 5.97. The van der Waals surface area contributed by atoms with Gasteiger partial charge in [0.05, 0.1) is 11.8 Å². The van der Waals surface area contributed by atoms with Crippen LogP contribution in [0.1, 0.15) is 30.1 Å². The molecule has 2 N–H and O–H groups in total. The third-order valence-electron chi connectivity index (χ3n) is 3.71. The Morgan fingerprint density at radius 2 is 2.15 bits per heavy atom. The number of nitrogens with zero attached hydrogens (tertiary/aromatic N) is 1. The van der Waals surface area contributed by atoms with Crippen molar-refractivity contribution in [3.8, 4) is 0 Å². The van der Waals surface area contributed by atoms with Crippen LogP contribution in [-0.4, -0.2) is 48.9 Å². The molecule has 1 unspecified atom stereocenters. The van der Waals surface area contributed by atoms with Gasteiger partial charge in [0.1, 0.15) is 12.3 Å². The summed E-state index contributed by atoms with van der Waals surface area (Å²) in [5.74, 6) is -0.355. The van der Waals surface area contributed by atoms with Crippen molar-refractivity contribution in [1.29, 1.82) is 0 Å². The van der Waals surface area contributed by atoms with E-state index in [4.69, 9.17) is 4.42 Å². The number of rotatable bonds is 4. The minimum absolute atomic E-state index is 0.0613. The van der Waals surface area contributed by atoms with Crippen LogP contribution in [0.2, 0.25) is 0 Å². The van der Waals surface area contributed by atoms with E-state index in [0.29, 0.717) is 5.56 Å². The summed E-state index contributed by atoms with van der Waals surface area (Å²) in [6.07, 6.45) is 4.70. The van der Waals surface area contributed by atoms with Crippen molar-refractivity contribution in [2.45, 2.75) is 31.8 Å². The fourth-order valence-electron chi connectivity index (χ4n) is 2.41. The van der Waals surface area contributed by atoms with E-state index in [9.17, 15) is 9.59 Å². The van der Waals surface area contributed by atoms with Gasteiger partial charge < -0.3 is 20.0 Å². The molecular weight excluding hydrogens is 258 g/mol. The summed E-state index contributed by atoms with van der Waals surface area (Å²) in [7, 11) is 1.80. The van der Waals surface area contributed by atoms with Crippen LogP contribution in [0.4, 0.5) is 0 Å². The highest BCUT2D eigenvalue weighted by Gasteiger charge is 2.26. The van der Waals surface area contributed by atoms with Crippen molar-refractivity contribution in [3.05, 3.63) is 24.2 Å². The van der Waals surface area contributed by atoms with Crippen LogP contribution < -0.4 is 10.6 Å². The minimum atomic E-state index is -0.544. The van der Waals surface area contributed by atoms with E-state index in [0.717, 1.165) is 25.9 Å². The fraction of sp³-hybridized carbons (Fsp3) is 0.571. The number of likely N-dealkylation sites (N-methyl/N-ethyl adjacent to an activating group) is 1. The Morgan fingerprint density at radius 3 is 2.75 bits per heavy atom. The Kier molecular flexibility index (Phi) is 4.79. The Hall–Kier alpha value is -1.82. The first-order valence-corrected chi connectivity index (χ1v) is 6.90. The molecule has 0 saturated carbocycles. The zero-order valence-electron chi connectivity index (χ0n) is 11.9. The van der Waals surface area contributed by atoms with Crippen molar-refractivity contribution in [2.24, 2.45) is 0 Å². The first-order valence-electron chi connectivity index (χ1n) is 6.90. The van der Waals surface area contributed by atoms with Crippen molar-refractivity contribution < 1.29 is 14.0 Å². The van der Waals surface area contributed by atoms with Gasteiger partial charge in [0.2, 0.25) is 5.91 Å². The van der Waals surface area contributed by atoms with E-state index < -0.39 is 6.04 Å². The van der Waals surface area contributed by atoms with Crippen LogP contribution in [0.15, 0.2) is 23.0 Å². The second kappa shape index (κ2) is 6.56. The zero-order valence-corrected chi connectivity index (χ0v) is 11.9. The summed E-state index contributed by atoms with van der Waals surface area (Å²) in [6, 6.07) is 1.28. The van der Waals surface area contributed by atoms with Gasteiger partial charge in [0.25, 0.3) is 5.91 Å². The van der Waals surface area contributed by atoms with Crippen molar-refractivity contribution >= 4 is 11.8 Å². The van der Waals surface area contributed by atoms with Gasteiger partial charge >= 0.3 is 0 Å². The summed E-state index contributed by atoms with van der Waals surface area (Å²) in [6.45, 7) is 3.56. The molecule has 0 aliphatic carbocycles. The van der Waals surface area contributed by atoms with Crippen LogP contribution in [-0.2, 0) is 4.79 Å². The quantitative estimate of drug-likeness (QED) is 0.847. The standard InChI is InChI=1S/C14H21N3O3/c1-10(16-13(18)11-5-8-20-9-11)14(19)17(2)12-3-6-15-7-4-12/h5,8-10,12,15H,3-4,6-7H2,1-2H3,(H,16,18). The normalized spacial score (nSPS) is 17.5. The minimum Gasteiger partial charge on any atom is -0.472 e. The van der Waals surface area contributed by atoms with E-state index in [1.807, 2.05) is 0 Å². The number of furan rings is 1. The van der Waals surface area contributed by atoms with Crippen molar-refractivity contribution in [3.63, 3.8) is 0 Å². The second-order valence-corrected chi connectivity index (χ2v) is 5.14. The van der Waals surface area contributed by atoms with Gasteiger partial charge in [-0.15, -0.1) is 0 Å². The Balaban J connectivity index is 1.89. The van der Waals surface area contributed by atoms with Gasteiger partial charge in [-0.2, -0.15) is 0 Å². The van der Waals surface area contributed by atoms with Gasteiger partial charge in [0, 0.05) is 13.1 Å². The maximum atomic E-state index is 12.3. The summed E-state index contributed by atoms with van der Waals surface area (Å²) >= 11 is 0. The van der Waals surface area contributed by atoms with Gasteiger partial charge in [-0.3, -0.25) is 9.59 Å². The van der Waals surface area contributed by atoms with Crippen molar-refractivity contribution in [2.75, 3.05) is 20.1 Å². The topological polar surface area (TPSA) is 74.6 Å². The first kappa shape index (κ1) is 14.6. The average molecular weight is 279 g/mol. The number of nitrogens with one attached hydrogen (secondary N) is 2. The lowest BCUT2D eigenvalue weighted by Crippen LogP contribution is -2.51. The molecule has 1 aromatic heterocycles. The molecule has 2 rings (SSSR count). The highest BCUT2D eigenvalue weighted by Crippen LogP contribution is 2.11. The molecular formula is C14H21N3O3. The Bertz CT molecular complexity index is 452. The monoisotopic (exact) mass is 279 g/mol. The second-order valence-electron chi connectivity index (χ2n) is 5.14. The molecule has 0 aromatic carbocycles.